The molecule has 0 atom stereocenters. The van der Waals surface area contributed by atoms with Gasteiger partial charge in [-0.15, -0.1) is 0 Å². The van der Waals surface area contributed by atoms with Crippen molar-refractivity contribution in [3.63, 3.8) is 0 Å². The smallest absolute Gasteiger partial charge is 0.169 e. The molecule has 1 saturated heterocycles. The Bertz CT molecular complexity index is 859. The van der Waals surface area contributed by atoms with E-state index in [-0.39, 0.29) is 5.60 Å². The Morgan fingerprint density at radius 2 is 2.07 bits per heavy atom. The van der Waals surface area contributed by atoms with Crippen LogP contribution in [0.4, 0.5) is 5.82 Å². The molecule has 6 heteroatoms. The fourth-order valence-electron chi connectivity index (χ4n) is 3.93. The van der Waals surface area contributed by atoms with Crippen molar-refractivity contribution in [1.29, 1.82) is 0 Å². The normalized spacial score (nSPS) is 18.7. The zero-order valence-electron chi connectivity index (χ0n) is 17.5. The van der Waals surface area contributed by atoms with E-state index in [9.17, 15) is 0 Å². The molecule has 0 spiro atoms. The molecule has 6 nitrogen and oxygen atoms in total. The highest BCUT2D eigenvalue weighted by Crippen LogP contribution is 2.40. The molecule has 2 aliphatic rings. The summed E-state index contributed by atoms with van der Waals surface area (Å²) in [6, 6.07) is 4.82. The first-order chi connectivity index (χ1) is 14.0. The van der Waals surface area contributed by atoms with Crippen molar-refractivity contribution < 1.29 is 9.47 Å². The number of anilines is 1. The van der Waals surface area contributed by atoms with Crippen LogP contribution < -0.4 is 14.8 Å². The monoisotopic (exact) mass is 394 g/mol. The van der Waals surface area contributed by atoms with Crippen LogP contribution in [0.3, 0.4) is 0 Å². The van der Waals surface area contributed by atoms with Crippen molar-refractivity contribution in [2.45, 2.75) is 51.8 Å². The minimum atomic E-state index is -0.307. The summed E-state index contributed by atoms with van der Waals surface area (Å²) in [4.78, 5) is 10.9. The lowest BCUT2D eigenvalue weighted by Crippen LogP contribution is -2.38. The van der Waals surface area contributed by atoms with Crippen molar-refractivity contribution in [3.8, 4) is 11.5 Å². The topological polar surface area (TPSA) is 59.5 Å². The van der Waals surface area contributed by atoms with Gasteiger partial charge in [0.1, 0.15) is 11.4 Å². The molecular weight excluding hydrogens is 364 g/mol. The van der Waals surface area contributed by atoms with Crippen LogP contribution in [0.1, 0.15) is 44.7 Å². The molecule has 3 heterocycles. The van der Waals surface area contributed by atoms with Crippen LogP contribution in [-0.4, -0.2) is 46.2 Å². The van der Waals surface area contributed by atoms with Gasteiger partial charge in [0.2, 0.25) is 0 Å². The standard InChI is InChI=1S/C23H30N4O2/c1-4-28-20-14-17(13-18-5-8-23(2,3)29-22(18)20)16-27-11-6-19(7-12-27)26-21-15-24-9-10-25-21/h5,8-10,13-15,19H,4,6-7,11-12,16H2,1-3H3,(H,25,26). The highest BCUT2D eigenvalue weighted by atomic mass is 16.5. The van der Waals surface area contributed by atoms with Crippen molar-refractivity contribution >= 4 is 11.9 Å². The number of likely N-dealkylation sites (tertiary alicyclic amines) is 1. The average Bonchev–Trinajstić information content (AvgIpc) is 2.71. The second-order valence-electron chi connectivity index (χ2n) is 8.27. The number of fused-ring (bicyclic) bond motifs is 1. The number of aromatic nitrogens is 2. The van der Waals surface area contributed by atoms with Crippen molar-refractivity contribution in [2.75, 3.05) is 25.0 Å². The van der Waals surface area contributed by atoms with Crippen LogP contribution in [0, 0.1) is 0 Å². The van der Waals surface area contributed by atoms with Crippen LogP contribution in [0.2, 0.25) is 0 Å². The first-order valence-electron chi connectivity index (χ1n) is 10.5. The molecule has 2 aliphatic heterocycles. The molecule has 0 saturated carbocycles. The van der Waals surface area contributed by atoms with E-state index in [1.165, 1.54) is 5.56 Å². The third-order valence-electron chi connectivity index (χ3n) is 5.38. The summed E-state index contributed by atoms with van der Waals surface area (Å²) in [6.07, 6.45) is 11.7. The van der Waals surface area contributed by atoms with Crippen LogP contribution in [0.15, 0.2) is 36.8 Å². The number of nitrogens with zero attached hydrogens (tertiary/aromatic N) is 3. The van der Waals surface area contributed by atoms with Gasteiger partial charge in [-0.3, -0.25) is 9.88 Å². The Hall–Kier alpha value is -2.60. The Morgan fingerprint density at radius 1 is 1.24 bits per heavy atom. The van der Waals surface area contributed by atoms with E-state index >= 15 is 0 Å². The molecule has 4 rings (SSSR count). The molecule has 0 unspecified atom stereocenters. The number of ether oxygens (including phenoxy) is 2. The minimum absolute atomic E-state index is 0.307. The Morgan fingerprint density at radius 3 is 2.79 bits per heavy atom. The maximum absolute atomic E-state index is 6.17. The summed E-state index contributed by atoms with van der Waals surface area (Å²) < 4.78 is 12.1. The SMILES string of the molecule is CCOc1cc(CN2CCC(Nc3cnccn3)CC2)cc2c1OC(C)(C)C=C2. The predicted molar refractivity (Wildman–Crippen MR) is 115 cm³/mol. The van der Waals surface area contributed by atoms with Crippen LogP contribution >= 0.6 is 0 Å². The van der Waals surface area contributed by atoms with Gasteiger partial charge in [-0.2, -0.15) is 0 Å². The largest absolute Gasteiger partial charge is 0.490 e. The number of piperidine rings is 1. The van der Waals surface area contributed by atoms with Gasteiger partial charge in [-0.25, -0.2) is 4.98 Å². The summed E-state index contributed by atoms with van der Waals surface area (Å²) in [5.41, 5.74) is 2.06. The summed E-state index contributed by atoms with van der Waals surface area (Å²) in [6.45, 7) is 9.80. The number of hydrogen-bond acceptors (Lipinski definition) is 6. The highest BCUT2D eigenvalue weighted by Gasteiger charge is 2.26. The molecule has 1 N–H and O–H groups in total. The van der Waals surface area contributed by atoms with Crippen LogP contribution in [0.25, 0.3) is 6.08 Å². The van der Waals surface area contributed by atoms with Crippen molar-refractivity contribution in [3.05, 3.63) is 47.9 Å². The number of benzene rings is 1. The maximum Gasteiger partial charge on any atom is 0.169 e. The molecule has 29 heavy (non-hydrogen) atoms. The molecule has 0 bridgehead atoms. The van der Waals surface area contributed by atoms with Gasteiger partial charge < -0.3 is 14.8 Å². The van der Waals surface area contributed by atoms with Gasteiger partial charge in [0.15, 0.2) is 11.5 Å². The zero-order chi connectivity index (χ0) is 20.3. The quantitative estimate of drug-likeness (QED) is 0.795. The Balaban J connectivity index is 1.40. The molecule has 0 radical (unpaired) electrons. The first kappa shape index (κ1) is 19.7. The van der Waals surface area contributed by atoms with Crippen molar-refractivity contribution in [2.24, 2.45) is 0 Å². The van der Waals surface area contributed by atoms with Gasteiger partial charge in [0.05, 0.1) is 12.8 Å². The lowest BCUT2D eigenvalue weighted by atomic mass is 9.99. The minimum Gasteiger partial charge on any atom is -0.490 e. The number of hydrogen-bond donors (Lipinski definition) is 1. The Kier molecular flexibility index (Phi) is 5.72. The van der Waals surface area contributed by atoms with E-state index < -0.39 is 0 Å². The van der Waals surface area contributed by atoms with E-state index in [4.69, 9.17) is 9.47 Å². The molecule has 2 aromatic rings. The summed E-state index contributed by atoms with van der Waals surface area (Å²) in [5, 5.41) is 3.49. The summed E-state index contributed by atoms with van der Waals surface area (Å²) >= 11 is 0. The van der Waals surface area contributed by atoms with Crippen LogP contribution in [0.5, 0.6) is 11.5 Å². The van der Waals surface area contributed by atoms with Gasteiger partial charge in [-0.1, -0.05) is 6.08 Å². The van der Waals surface area contributed by atoms with Gasteiger partial charge in [-0.05, 0) is 57.4 Å². The second-order valence-corrected chi connectivity index (χ2v) is 8.27. The molecule has 1 fully saturated rings. The van der Waals surface area contributed by atoms with E-state index in [2.05, 4.69) is 58.3 Å². The summed E-state index contributed by atoms with van der Waals surface area (Å²) in [5.74, 6) is 2.56. The average molecular weight is 395 g/mol. The molecule has 154 valence electrons. The molecule has 1 aromatic carbocycles. The molecular formula is C23H30N4O2. The van der Waals surface area contributed by atoms with Crippen LogP contribution in [-0.2, 0) is 6.54 Å². The third kappa shape index (κ3) is 4.88. The lowest BCUT2D eigenvalue weighted by molar-refractivity contribution is 0.149. The molecule has 0 amide bonds. The fourth-order valence-corrected chi connectivity index (χ4v) is 3.93. The van der Waals surface area contributed by atoms with Gasteiger partial charge in [0, 0.05) is 43.6 Å². The third-order valence-corrected chi connectivity index (χ3v) is 5.38. The second kappa shape index (κ2) is 8.41. The fraction of sp³-hybridized carbons (Fsp3) is 0.478. The van der Waals surface area contributed by atoms with Gasteiger partial charge in [0.25, 0.3) is 0 Å². The summed E-state index contributed by atoms with van der Waals surface area (Å²) in [7, 11) is 0. The van der Waals surface area contributed by atoms with E-state index in [1.54, 1.807) is 18.6 Å². The first-order valence-corrected chi connectivity index (χ1v) is 10.5. The molecule has 0 aliphatic carbocycles. The van der Waals surface area contributed by atoms with E-state index in [0.717, 1.165) is 55.4 Å². The molecule has 1 aromatic heterocycles. The zero-order valence-corrected chi connectivity index (χ0v) is 17.5. The van der Waals surface area contributed by atoms with Crippen molar-refractivity contribution in [1.82, 2.24) is 14.9 Å². The Labute approximate surface area is 173 Å². The number of rotatable bonds is 6. The van der Waals surface area contributed by atoms with E-state index in [0.29, 0.717) is 12.6 Å². The van der Waals surface area contributed by atoms with E-state index in [1.807, 2.05) is 6.92 Å². The maximum atomic E-state index is 6.17. The predicted octanol–water partition coefficient (Wildman–Crippen LogP) is 4.14. The lowest BCUT2D eigenvalue weighted by Gasteiger charge is -2.33. The van der Waals surface area contributed by atoms with Gasteiger partial charge >= 0.3 is 0 Å². The number of nitrogens with one attached hydrogen (secondary N) is 1. The highest BCUT2D eigenvalue weighted by molar-refractivity contribution is 5.66.